The molecule has 102 valence electrons. The van der Waals surface area contributed by atoms with Gasteiger partial charge in [0.25, 0.3) is 0 Å². The van der Waals surface area contributed by atoms with Crippen LogP contribution in [0.5, 0.6) is 0 Å². The van der Waals surface area contributed by atoms with E-state index in [1.807, 2.05) is 24.3 Å². The van der Waals surface area contributed by atoms with Crippen molar-refractivity contribution >= 4 is 17.0 Å². The average Bonchev–Trinajstić information content (AvgIpc) is 2.45. The van der Waals surface area contributed by atoms with Crippen molar-refractivity contribution in [3.05, 3.63) is 24.3 Å². The molecule has 0 saturated carbocycles. The lowest BCUT2D eigenvalue weighted by Crippen LogP contribution is -2.21. The van der Waals surface area contributed by atoms with Gasteiger partial charge >= 0.3 is 0 Å². The molecule has 0 fully saturated rings. The molecule has 0 radical (unpaired) electrons. The highest BCUT2D eigenvalue weighted by molar-refractivity contribution is 5.74. The molecule has 1 heterocycles. The Morgan fingerprint density at radius 1 is 1.00 bits per heavy atom. The van der Waals surface area contributed by atoms with Crippen LogP contribution in [-0.4, -0.2) is 21.2 Å². The fraction of sp³-hybridized carbons (Fsp3) is 0.533. The third kappa shape index (κ3) is 3.88. The highest BCUT2D eigenvalue weighted by Gasteiger charge is 2.09. The van der Waals surface area contributed by atoms with Crippen LogP contribution in [0.15, 0.2) is 24.3 Å². The molecule has 1 unspecified atom stereocenters. The number of unbranched alkanes of at least 4 members (excludes halogenated alkanes) is 1. The van der Waals surface area contributed by atoms with Crippen LogP contribution in [0.3, 0.4) is 0 Å². The second-order valence-corrected chi connectivity index (χ2v) is 4.90. The minimum atomic E-state index is 0.452. The van der Waals surface area contributed by atoms with Crippen LogP contribution in [-0.2, 0) is 0 Å². The van der Waals surface area contributed by atoms with E-state index in [0.29, 0.717) is 12.0 Å². The molecule has 0 amide bonds. The van der Waals surface area contributed by atoms with Crippen molar-refractivity contribution in [2.75, 3.05) is 5.32 Å². The minimum Gasteiger partial charge on any atom is -0.350 e. The number of rotatable bonds is 7. The van der Waals surface area contributed by atoms with Gasteiger partial charge in [-0.2, -0.15) is 0 Å². The molecule has 2 aromatic rings. The highest BCUT2D eigenvalue weighted by atomic mass is 15.2. The summed E-state index contributed by atoms with van der Waals surface area (Å²) in [4.78, 5) is 4.52. The van der Waals surface area contributed by atoms with Gasteiger partial charge in [0.05, 0.1) is 5.52 Å². The van der Waals surface area contributed by atoms with Crippen LogP contribution in [0, 0.1) is 0 Å². The summed E-state index contributed by atoms with van der Waals surface area (Å²) >= 11 is 0. The summed E-state index contributed by atoms with van der Waals surface area (Å²) in [6.07, 6.45) is 5.94. The zero-order valence-electron chi connectivity index (χ0n) is 11.8. The fourth-order valence-corrected chi connectivity index (χ4v) is 2.21. The third-order valence-corrected chi connectivity index (χ3v) is 3.24. The van der Waals surface area contributed by atoms with E-state index in [9.17, 15) is 0 Å². The van der Waals surface area contributed by atoms with E-state index >= 15 is 0 Å². The largest absolute Gasteiger partial charge is 0.350 e. The number of anilines is 1. The highest BCUT2D eigenvalue weighted by Crippen LogP contribution is 2.14. The van der Waals surface area contributed by atoms with E-state index in [1.165, 1.54) is 25.7 Å². The zero-order chi connectivity index (χ0) is 13.5. The summed E-state index contributed by atoms with van der Waals surface area (Å²) in [5, 5.41) is 11.8. The molecule has 0 aliphatic rings. The Kier molecular flexibility index (Phi) is 5.07. The van der Waals surface area contributed by atoms with Crippen LogP contribution in [0.2, 0.25) is 0 Å². The molecule has 1 atom stereocenters. The smallest absolute Gasteiger partial charge is 0.243 e. The summed E-state index contributed by atoms with van der Waals surface area (Å²) in [6, 6.07) is 8.28. The molecule has 0 saturated heterocycles. The zero-order valence-corrected chi connectivity index (χ0v) is 11.8. The maximum atomic E-state index is 4.52. The van der Waals surface area contributed by atoms with Crippen molar-refractivity contribution in [3.63, 3.8) is 0 Å². The molecule has 19 heavy (non-hydrogen) atoms. The first-order valence-corrected chi connectivity index (χ1v) is 7.19. The standard InChI is InChI=1S/C15H22N4/c1-3-5-9-12(8-4-2)16-15-17-13-10-6-7-11-14(13)18-19-15/h6-7,10-12H,3-5,8-9H2,1-2H3,(H,16,17,19). The first kappa shape index (κ1) is 13.7. The molecule has 4 heteroatoms. The summed E-state index contributed by atoms with van der Waals surface area (Å²) in [5.41, 5.74) is 1.74. The van der Waals surface area contributed by atoms with Crippen LogP contribution < -0.4 is 5.32 Å². The molecule has 2 rings (SSSR count). The second kappa shape index (κ2) is 7.02. The summed E-state index contributed by atoms with van der Waals surface area (Å²) < 4.78 is 0. The number of benzene rings is 1. The van der Waals surface area contributed by atoms with Gasteiger partial charge < -0.3 is 5.32 Å². The molecule has 1 aromatic carbocycles. The van der Waals surface area contributed by atoms with Gasteiger partial charge in [-0.25, -0.2) is 4.98 Å². The van der Waals surface area contributed by atoms with Crippen molar-refractivity contribution in [3.8, 4) is 0 Å². The van der Waals surface area contributed by atoms with Gasteiger partial charge in [0.2, 0.25) is 5.95 Å². The summed E-state index contributed by atoms with van der Waals surface area (Å²) in [5.74, 6) is 0.647. The van der Waals surface area contributed by atoms with Crippen LogP contribution in [0.25, 0.3) is 11.0 Å². The Morgan fingerprint density at radius 2 is 1.79 bits per heavy atom. The molecule has 0 aliphatic heterocycles. The van der Waals surface area contributed by atoms with Crippen LogP contribution in [0.4, 0.5) is 5.95 Å². The van der Waals surface area contributed by atoms with Crippen molar-refractivity contribution in [1.29, 1.82) is 0 Å². The number of para-hydroxylation sites is 1. The number of aromatic nitrogens is 3. The fourth-order valence-electron chi connectivity index (χ4n) is 2.21. The number of hydrogen-bond acceptors (Lipinski definition) is 4. The Labute approximate surface area is 114 Å². The minimum absolute atomic E-state index is 0.452. The van der Waals surface area contributed by atoms with Gasteiger partial charge in [-0.15, -0.1) is 10.2 Å². The van der Waals surface area contributed by atoms with Gasteiger partial charge in [0, 0.05) is 6.04 Å². The predicted octanol–water partition coefficient (Wildman–Crippen LogP) is 3.80. The van der Waals surface area contributed by atoms with E-state index in [-0.39, 0.29) is 0 Å². The topological polar surface area (TPSA) is 50.7 Å². The lowest BCUT2D eigenvalue weighted by Gasteiger charge is -2.17. The predicted molar refractivity (Wildman–Crippen MR) is 79.2 cm³/mol. The molecule has 0 spiro atoms. The van der Waals surface area contributed by atoms with Crippen LogP contribution in [0.1, 0.15) is 46.0 Å². The maximum absolute atomic E-state index is 4.52. The van der Waals surface area contributed by atoms with Crippen molar-refractivity contribution in [1.82, 2.24) is 15.2 Å². The Balaban J connectivity index is 2.09. The number of hydrogen-bond donors (Lipinski definition) is 1. The molecular weight excluding hydrogens is 236 g/mol. The normalized spacial score (nSPS) is 12.5. The molecule has 0 aliphatic carbocycles. The van der Waals surface area contributed by atoms with Gasteiger partial charge in [-0.05, 0) is 25.0 Å². The molecular formula is C15H22N4. The monoisotopic (exact) mass is 258 g/mol. The Bertz CT molecular complexity index is 512. The van der Waals surface area contributed by atoms with Crippen molar-refractivity contribution in [2.24, 2.45) is 0 Å². The molecule has 0 bridgehead atoms. The van der Waals surface area contributed by atoms with E-state index < -0.39 is 0 Å². The lowest BCUT2D eigenvalue weighted by atomic mass is 10.1. The Hall–Kier alpha value is -1.71. The Morgan fingerprint density at radius 3 is 2.53 bits per heavy atom. The number of nitrogens with zero attached hydrogens (tertiary/aromatic N) is 3. The summed E-state index contributed by atoms with van der Waals surface area (Å²) in [7, 11) is 0. The van der Waals surface area contributed by atoms with E-state index in [2.05, 4.69) is 34.3 Å². The maximum Gasteiger partial charge on any atom is 0.243 e. The van der Waals surface area contributed by atoms with Crippen molar-refractivity contribution in [2.45, 2.75) is 52.0 Å². The molecule has 4 nitrogen and oxygen atoms in total. The lowest BCUT2D eigenvalue weighted by molar-refractivity contribution is 0.560. The van der Waals surface area contributed by atoms with Crippen molar-refractivity contribution < 1.29 is 0 Å². The quantitative estimate of drug-likeness (QED) is 0.820. The third-order valence-electron chi connectivity index (χ3n) is 3.24. The van der Waals surface area contributed by atoms with Crippen LogP contribution >= 0.6 is 0 Å². The SMILES string of the molecule is CCCCC(CCC)Nc1nnc2ccccc2n1. The van der Waals surface area contributed by atoms with E-state index in [0.717, 1.165) is 17.5 Å². The molecule has 1 aromatic heterocycles. The van der Waals surface area contributed by atoms with Gasteiger partial charge in [-0.3, -0.25) is 0 Å². The van der Waals surface area contributed by atoms with Gasteiger partial charge in [0.1, 0.15) is 5.52 Å². The average molecular weight is 258 g/mol. The molecule has 1 N–H and O–H groups in total. The summed E-state index contributed by atoms with van der Waals surface area (Å²) in [6.45, 7) is 4.43. The first-order valence-electron chi connectivity index (χ1n) is 7.19. The van der Waals surface area contributed by atoms with E-state index in [1.54, 1.807) is 0 Å². The number of fused-ring (bicyclic) bond motifs is 1. The first-order chi connectivity index (χ1) is 9.33. The van der Waals surface area contributed by atoms with E-state index in [4.69, 9.17) is 0 Å². The van der Waals surface area contributed by atoms with Gasteiger partial charge in [0.15, 0.2) is 0 Å². The van der Waals surface area contributed by atoms with Gasteiger partial charge in [-0.1, -0.05) is 45.2 Å². The number of nitrogens with one attached hydrogen (secondary N) is 1. The second-order valence-electron chi connectivity index (χ2n) is 4.90.